The molecule has 0 aliphatic rings. The van der Waals surface area contributed by atoms with Crippen LogP contribution in [0.2, 0.25) is 0 Å². The fourth-order valence-corrected chi connectivity index (χ4v) is 1.56. The maximum atomic E-state index is 13.3. The Labute approximate surface area is 103 Å². The van der Waals surface area contributed by atoms with Crippen molar-refractivity contribution in [2.24, 2.45) is 5.84 Å². The van der Waals surface area contributed by atoms with Gasteiger partial charge in [0.15, 0.2) is 0 Å². The molecule has 1 unspecified atom stereocenters. The molecular formula is C11H16BrFN2O. The minimum atomic E-state index is -0.298. The zero-order chi connectivity index (χ0) is 12.0. The fraction of sp³-hybridized carbons (Fsp3) is 0.455. The first-order chi connectivity index (χ1) is 7.69. The second-order valence-electron chi connectivity index (χ2n) is 3.47. The zero-order valence-electron chi connectivity index (χ0n) is 9.17. The molecule has 0 heterocycles. The van der Waals surface area contributed by atoms with Crippen LogP contribution in [-0.2, 0) is 4.74 Å². The number of nitrogens with one attached hydrogen (secondary N) is 1. The Bertz CT molecular complexity index is 336. The number of halogens is 2. The Morgan fingerprint density at radius 1 is 1.56 bits per heavy atom. The third-order valence-corrected chi connectivity index (χ3v) is 2.82. The first-order valence-electron chi connectivity index (χ1n) is 5.17. The molecule has 1 rings (SSSR count). The normalized spacial score (nSPS) is 12.8. The lowest BCUT2D eigenvalue weighted by Gasteiger charge is -2.16. The molecule has 16 heavy (non-hydrogen) atoms. The lowest BCUT2D eigenvalue weighted by atomic mass is 10.1. The van der Waals surface area contributed by atoms with Crippen LogP contribution in [0.1, 0.15) is 24.9 Å². The summed E-state index contributed by atoms with van der Waals surface area (Å²) in [5.41, 5.74) is 3.39. The summed E-state index contributed by atoms with van der Waals surface area (Å²) in [6, 6.07) is 4.74. The smallest absolute Gasteiger partial charge is 0.137 e. The summed E-state index contributed by atoms with van der Waals surface area (Å²) < 4.78 is 19.1. The largest absolute Gasteiger partial charge is 0.379 e. The summed E-state index contributed by atoms with van der Waals surface area (Å²) in [5.74, 6) is 5.11. The SMILES string of the molecule is CCCOCC(NN)c1ccc(Br)c(F)c1. The van der Waals surface area contributed by atoms with Gasteiger partial charge in [0.05, 0.1) is 17.1 Å². The molecular weight excluding hydrogens is 275 g/mol. The number of rotatable bonds is 6. The van der Waals surface area contributed by atoms with Crippen molar-refractivity contribution in [2.45, 2.75) is 19.4 Å². The van der Waals surface area contributed by atoms with Crippen molar-refractivity contribution in [2.75, 3.05) is 13.2 Å². The van der Waals surface area contributed by atoms with E-state index in [1.54, 1.807) is 6.07 Å². The van der Waals surface area contributed by atoms with Gasteiger partial charge in [-0.05, 0) is 40.0 Å². The van der Waals surface area contributed by atoms with Crippen molar-refractivity contribution < 1.29 is 9.13 Å². The predicted octanol–water partition coefficient (Wildman–Crippen LogP) is 2.52. The van der Waals surface area contributed by atoms with Gasteiger partial charge in [0.25, 0.3) is 0 Å². The third kappa shape index (κ3) is 3.83. The van der Waals surface area contributed by atoms with E-state index in [0.717, 1.165) is 12.0 Å². The van der Waals surface area contributed by atoms with Crippen LogP contribution in [0.4, 0.5) is 4.39 Å². The van der Waals surface area contributed by atoms with Crippen LogP contribution >= 0.6 is 15.9 Å². The standard InChI is InChI=1S/C11H16BrFN2O/c1-2-5-16-7-11(15-14)8-3-4-9(12)10(13)6-8/h3-4,6,11,15H,2,5,7,14H2,1H3. The van der Waals surface area contributed by atoms with Crippen LogP contribution in [0.25, 0.3) is 0 Å². The quantitative estimate of drug-likeness (QED) is 0.481. The van der Waals surface area contributed by atoms with Gasteiger partial charge < -0.3 is 4.74 Å². The second-order valence-corrected chi connectivity index (χ2v) is 4.32. The second kappa shape index (κ2) is 6.96. The molecule has 0 saturated carbocycles. The van der Waals surface area contributed by atoms with E-state index in [2.05, 4.69) is 21.4 Å². The van der Waals surface area contributed by atoms with E-state index < -0.39 is 0 Å². The molecule has 0 fully saturated rings. The summed E-state index contributed by atoms with van der Waals surface area (Å²) in [7, 11) is 0. The van der Waals surface area contributed by atoms with Crippen LogP contribution in [-0.4, -0.2) is 13.2 Å². The Kier molecular flexibility index (Phi) is 5.90. The van der Waals surface area contributed by atoms with Gasteiger partial charge >= 0.3 is 0 Å². The van der Waals surface area contributed by atoms with E-state index in [-0.39, 0.29) is 11.9 Å². The van der Waals surface area contributed by atoms with Crippen molar-refractivity contribution >= 4 is 15.9 Å². The zero-order valence-corrected chi connectivity index (χ0v) is 10.8. The van der Waals surface area contributed by atoms with Crippen LogP contribution in [0, 0.1) is 5.82 Å². The molecule has 0 radical (unpaired) electrons. The Morgan fingerprint density at radius 3 is 2.88 bits per heavy atom. The summed E-state index contributed by atoms with van der Waals surface area (Å²) in [5, 5.41) is 0. The highest BCUT2D eigenvalue weighted by atomic mass is 79.9. The highest BCUT2D eigenvalue weighted by Gasteiger charge is 2.11. The molecule has 1 aromatic rings. The van der Waals surface area contributed by atoms with Gasteiger partial charge in [0.2, 0.25) is 0 Å². The lowest BCUT2D eigenvalue weighted by Crippen LogP contribution is -2.31. The van der Waals surface area contributed by atoms with Gasteiger partial charge in [-0.15, -0.1) is 0 Å². The molecule has 0 bridgehead atoms. The minimum absolute atomic E-state index is 0.186. The summed E-state index contributed by atoms with van der Waals surface area (Å²) in [6.45, 7) is 3.15. The molecule has 1 aromatic carbocycles. The first kappa shape index (κ1) is 13.6. The van der Waals surface area contributed by atoms with E-state index >= 15 is 0 Å². The van der Waals surface area contributed by atoms with Gasteiger partial charge in [-0.1, -0.05) is 13.0 Å². The number of nitrogens with two attached hydrogens (primary N) is 1. The van der Waals surface area contributed by atoms with E-state index in [1.165, 1.54) is 6.07 Å². The van der Waals surface area contributed by atoms with Crippen LogP contribution < -0.4 is 11.3 Å². The molecule has 3 N–H and O–H groups in total. The van der Waals surface area contributed by atoms with Crippen molar-refractivity contribution in [1.82, 2.24) is 5.43 Å². The van der Waals surface area contributed by atoms with Gasteiger partial charge in [0.1, 0.15) is 5.82 Å². The fourth-order valence-electron chi connectivity index (χ4n) is 1.32. The average molecular weight is 291 g/mol. The van der Waals surface area contributed by atoms with E-state index in [9.17, 15) is 4.39 Å². The summed E-state index contributed by atoms with van der Waals surface area (Å²) in [6.07, 6.45) is 0.950. The van der Waals surface area contributed by atoms with Crippen molar-refractivity contribution in [3.8, 4) is 0 Å². The van der Waals surface area contributed by atoms with E-state index in [4.69, 9.17) is 10.6 Å². The molecule has 0 aliphatic carbocycles. The molecule has 1 atom stereocenters. The van der Waals surface area contributed by atoms with E-state index in [0.29, 0.717) is 17.7 Å². The Hall–Kier alpha value is -0.490. The molecule has 0 aromatic heterocycles. The van der Waals surface area contributed by atoms with Crippen LogP contribution in [0.3, 0.4) is 0 Å². The minimum Gasteiger partial charge on any atom is -0.379 e. The topological polar surface area (TPSA) is 47.3 Å². The van der Waals surface area contributed by atoms with Gasteiger partial charge in [-0.3, -0.25) is 11.3 Å². The monoisotopic (exact) mass is 290 g/mol. The summed E-state index contributed by atoms with van der Waals surface area (Å²) >= 11 is 3.11. The molecule has 5 heteroatoms. The van der Waals surface area contributed by atoms with Crippen molar-refractivity contribution in [1.29, 1.82) is 0 Å². The van der Waals surface area contributed by atoms with Gasteiger partial charge in [-0.25, -0.2) is 4.39 Å². The third-order valence-electron chi connectivity index (χ3n) is 2.18. The molecule has 0 amide bonds. The van der Waals surface area contributed by atoms with E-state index in [1.807, 2.05) is 13.0 Å². The molecule has 90 valence electrons. The highest BCUT2D eigenvalue weighted by Crippen LogP contribution is 2.20. The van der Waals surface area contributed by atoms with Crippen molar-refractivity contribution in [3.05, 3.63) is 34.1 Å². The average Bonchev–Trinajstić information content (AvgIpc) is 2.29. The first-order valence-corrected chi connectivity index (χ1v) is 5.97. The number of hydrazine groups is 1. The Morgan fingerprint density at radius 2 is 2.31 bits per heavy atom. The molecule has 0 spiro atoms. The number of hydrogen-bond acceptors (Lipinski definition) is 3. The summed E-state index contributed by atoms with van der Waals surface area (Å²) in [4.78, 5) is 0. The maximum absolute atomic E-state index is 13.3. The molecule has 0 saturated heterocycles. The van der Waals surface area contributed by atoms with Crippen molar-refractivity contribution in [3.63, 3.8) is 0 Å². The van der Waals surface area contributed by atoms with Crippen LogP contribution in [0.15, 0.2) is 22.7 Å². The number of hydrogen-bond donors (Lipinski definition) is 2. The van der Waals surface area contributed by atoms with Crippen LogP contribution in [0.5, 0.6) is 0 Å². The predicted molar refractivity (Wildman–Crippen MR) is 65.3 cm³/mol. The Balaban J connectivity index is 2.67. The lowest BCUT2D eigenvalue weighted by molar-refractivity contribution is 0.112. The number of ether oxygens (including phenoxy) is 1. The van der Waals surface area contributed by atoms with Gasteiger partial charge in [0, 0.05) is 6.61 Å². The molecule has 3 nitrogen and oxygen atoms in total. The van der Waals surface area contributed by atoms with Gasteiger partial charge in [-0.2, -0.15) is 0 Å². The number of benzene rings is 1. The highest BCUT2D eigenvalue weighted by molar-refractivity contribution is 9.10. The molecule has 0 aliphatic heterocycles. The maximum Gasteiger partial charge on any atom is 0.137 e.